The van der Waals surface area contributed by atoms with Crippen LogP contribution in [-0.2, 0) is 38.1 Å². The summed E-state index contributed by atoms with van der Waals surface area (Å²) in [5, 5.41) is 11.6. The minimum atomic E-state index is -2.07. The highest BCUT2D eigenvalue weighted by molar-refractivity contribution is 5.90. The number of fused-ring (bicyclic) bond motifs is 2. The zero-order chi connectivity index (χ0) is 25.9. The Balaban J connectivity index is 1.83. The highest BCUT2D eigenvalue weighted by Gasteiger charge is 2.80. The van der Waals surface area contributed by atoms with E-state index in [-0.39, 0.29) is 0 Å². The van der Waals surface area contributed by atoms with Gasteiger partial charge in [0.05, 0.1) is 11.8 Å². The molecule has 0 aromatic heterocycles. The molecule has 5 aliphatic rings. The van der Waals surface area contributed by atoms with Gasteiger partial charge in [-0.1, -0.05) is 18.6 Å². The third-order valence-electron chi connectivity index (χ3n) is 9.65. The summed E-state index contributed by atoms with van der Waals surface area (Å²) in [6.45, 7) is 11.8. The van der Waals surface area contributed by atoms with Gasteiger partial charge in [-0.05, 0) is 53.0 Å². The molecule has 0 radical (unpaired) electrons. The molecule has 9 heteroatoms. The van der Waals surface area contributed by atoms with Crippen LogP contribution in [0.25, 0.3) is 0 Å². The number of hydrogen-bond donors (Lipinski definition) is 1. The van der Waals surface area contributed by atoms with E-state index in [0.717, 1.165) is 5.57 Å². The van der Waals surface area contributed by atoms with Crippen LogP contribution in [-0.4, -0.2) is 58.0 Å². The molecule has 5 rings (SSSR count). The predicted molar refractivity (Wildman–Crippen MR) is 119 cm³/mol. The Morgan fingerprint density at radius 2 is 1.77 bits per heavy atom. The van der Waals surface area contributed by atoms with Crippen molar-refractivity contribution in [3.05, 3.63) is 23.3 Å². The van der Waals surface area contributed by atoms with Gasteiger partial charge >= 0.3 is 23.9 Å². The maximum atomic E-state index is 13.5. The van der Waals surface area contributed by atoms with Gasteiger partial charge in [0, 0.05) is 23.8 Å². The van der Waals surface area contributed by atoms with Gasteiger partial charge < -0.3 is 24.1 Å². The zero-order valence-corrected chi connectivity index (χ0v) is 21.1. The van der Waals surface area contributed by atoms with Crippen LogP contribution in [0.4, 0.5) is 0 Å². The summed E-state index contributed by atoms with van der Waals surface area (Å²) >= 11 is 0. The highest BCUT2D eigenvalue weighted by atomic mass is 16.6. The molecule has 1 saturated carbocycles. The molecular weight excluding hydrogens is 456 g/mol. The molecule has 3 fully saturated rings. The Bertz CT molecular complexity index is 1130. The van der Waals surface area contributed by atoms with Crippen molar-refractivity contribution >= 4 is 23.9 Å². The van der Waals surface area contributed by atoms with Crippen molar-refractivity contribution in [2.45, 2.75) is 90.3 Å². The maximum absolute atomic E-state index is 13.5. The van der Waals surface area contributed by atoms with Crippen LogP contribution in [0.2, 0.25) is 0 Å². The lowest BCUT2D eigenvalue weighted by atomic mass is 9.44. The van der Waals surface area contributed by atoms with Gasteiger partial charge in [0.15, 0.2) is 11.7 Å². The lowest BCUT2D eigenvalue weighted by Crippen LogP contribution is -2.72. The number of esters is 4. The topological polar surface area (TPSA) is 125 Å². The van der Waals surface area contributed by atoms with E-state index in [1.807, 2.05) is 33.8 Å². The van der Waals surface area contributed by atoms with Gasteiger partial charge in [0.1, 0.15) is 11.7 Å². The molecule has 1 N–H and O–H groups in total. The van der Waals surface area contributed by atoms with E-state index in [4.69, 9.17) is 18.9 Å². The second-order valence-corrected chi connectivity index (χ2v) is 11.6. The summed E-state index contributed by atoms with van der Waals surface area (Å²) < 4.78 is 23.1. The minimum absolute atomic E-state index is 0.438. The summed E-state index contributed by atoms with van der Waals surface area (Å²) in [7, 11) is 0. The summed E-state index contributed by atoms with van der Waals surface area (Å²) in [5.41, 5.74) is -4.73. The highest BCUT2D eigenvalue weighted by Crippen LogP contribution is 2.69. The molecule has 2 aliphatic carbocycles. The maximum Gasteiger partial charge on any atom is 0.343 e. The molecule has 190 valence electrons. The van der Waals surface area contributed by atoms with E-state index in [0.29, 0.717) is 18.4 Å². The number of aliphatic hydroxyl groups is 1. The first-order valence-corrected chi connectivity index (χ1v) is 12.0. The third kappa shape index (κ3) is 2.62. The van der Waals surface area contributed by atoms with Crippen molar-refractivity contribution in [1.29, 1.82) is 0 Å². The van der Waals surface area contributed by atoms with Crippen molar-refractivity contribution in [2.24, 2.45) is 22.7 Å². The number of carbonyl (C=O) groups excluding carboxylic acids is 4. The van der Waals surface area contributed by atoms with Crippen LogP contribution in [0.15, 0.2) is 23.3 Å². The SMILES string of the molecule is CC(=O)O[C@@H]1C2=C(C)[C@@]3(C=CC(=O)OC3(C)C)CC[C@@]2(C)[C@@H]2C(=O)O[C@@H](C)[C@]3(O)C(=O)O[C@]1(C)[C@@H]23. The number of rotatable bonds is 1. The molecule has 0 bridgehead atoms. The average molecular weight is 489 g/mol. The lowest BCUT2D eigenvalue weighted by Gasteiger charge is -2.62. The molecule has 3 aliphatic heterocycles. The molecule has 0 unspecified atom stereocenters. The van der Waals surface area contributed by atoms with Crippen molar-refractivity contribution in [2.75, 3.05) is 0 Å². The van der Waals surface area contributed by atoms with E-state index in [1.54, 1.807) is 6.92 Å². The monoisotopic (exact) mass is 488 g/mol. The summed E-state index contributed by atoms with van der Waals surface area (Å²) in [6, 6.07) is 0. The molecule has 0 amide bonds. The fourth-order valence-electron chi connectivity index (χ4n) is 7.87. The molecular formula is C26H32O9. The van der Waals surface area contributed by atoms with Gasteiger partial charge in [-0.3, -0.25) is 9.59 Å². The largest absolute Gasteiger partial charge is 0.459 e. The van der Waals surface area contributed by atoms with Gasteiger partial charge in [0.2, 0.25) is 5.60 Å². The fourth-order valence-corrected chi connectivity index (χ4v) is 7.87. The van der Waals surface area contributed by atoms with Crippen LogP contribution in [0.1, 0.15) is 61.3 Å². The standard InChI is InChI=1S/C26H32O9/c1-12-16-19(33-14(3)27)24(7)18-17(20(29)32-13(2)26(18,31)21(30)35-24)23(16,6)10-11-25(12)9-8-15(28)34-22(25,4)5/h8-9,13,17-19,31H,10-11H2,1-7H3/t13-,17-,18+,19+,23+,24+,25+,26+/m0/s1. The summed E-state index contributed by atoms with van der Waals surface area (Å²) in [6.07, 6.45) is 2.02. The van der Waals surface area contributed by atoms with E-state index in [9.17, 15) is 24.3 Å². The van der Waals surface area contributed by atoms with E-state index in [1.165, 1.54) is 19.9 Å². The Kier molecular flexibility index (Phi) is 4.63. The first-order chi connectivity index (χ1) is 16.1. The molecule has 35 heavy (non-hydrogen) atoms. The second-order valence-electron chi connectivity index (χ2n) is 11.6. The van der Waals surface area contributed by atoms with Crippen LogP contribution < -0.4 is 0 Å². The van der Waals surface area contributed by atoms with E-state index in [2.05, 4.69) is 0 Å². The van der Waals surface area contributed by atoms with Crippen LogP contribution in [0.3, 0.4) is 0 Å². The number of ether oxygens (including phenoxy) is 4. The molecule has 0 aromatic rings. The van der Waals surface area contributed by atoms with Crippen LogP contribution in [0, 0.1) is 22.7 Å². The van der Waals surface area contributed by atoms with Crippen LogP contribution in [0.5, 0.6) is 0 Å². The third-order valence-corrected chi connectivity index (χ3v) is 9.65. The van der Waals surface area contributed by atoms with Gasteiger partial charge in [-0.25, -0.2) is 9.59 Å². The minimum Gasteiger partial charge on any atom is -0.459 e. The van der Waals surface area contributed by atoms with Crippen LogP contribution >= 0.6 is 0 Å². The van der Waals surface area contributed by atoms with Crippen molar-refractivity contribution in [1.82, 2.24) is 0 Å². The van der Waals surface area contributed by atoms with E-state index >= 15 is 0 Å². The van der Waals surface area contributed by atoms with E-state index < -0.39 is 75.6 Å². The Morgan fingerprint density at radius 1 is 1.11 bits per heavy atom. The first kappa shape index (κ1) is 24.0. The zero-order valence-electron chi connectivity index (χ0n) is 21.1. The Hall–Kier alpha value is -2.68. The normalized spacial score (nSPS) is 47.5. The van der Waals surface area contributed by atoms with Gasteiger partial charge in [-0.15, -0.1) is 0 Å². The first-order valence-electron chi connectivity index (χ1n) is 12.0. The van der Waals surface area contributed by atoms with Crippen molar-refractivity contribution < 1.29 is 43.2 Å². The van der Waals surface area contributed by atoms with Gasteiger partial charge in [-0.2, -0.15) is 0 Å². The molecule has 0 aromatic carbocycles. The van der Waals surface area contributed by atoms with Gasteiger partial charge in [0.25, 0.3) is 0 Å². The number of hydrogen-bond acceptors (Lipinski definition) is 9. The molecule has 8 atom stereocenters. The number of cyclic esters (lactones) is 2. The summed E-state index contributed by atoms with van der Waals surface area (Å²) in [5.74, 6) is -4.34. The molecule has 3 heterocycles. The molecule has 9 nitrogen and oxygen atoms in total. The van der Waals surface area contributed by atoms with Crippen molar-refractivity contribution in [3.63, 3.8) is 0 Å². The smallest absolute Gasteiger partial charge is 0.343 e. The van der Waals surface area contributed by atoms with Crippen molar-refractivity contribution in [3.8, 4) is 0 Å². The lowest BCUT2D eigenvalue weighted by molar-refractivity contribution is -0.229. The number of carbonyl (C=O) groups is 4. The molecule has 1 spiro atoms. The average Bonchev–Trinajstić information content (AvgIpc) is 2.93. The Labute approximate surface area is 203 Å². The Morgan fingerprint density at radius 3 is 2.37 bits per heavy atom. The summed E-state index contributed by atoms with van der Waals surface area (Å²) in [4.78, 5) is 51.1. The quantitative estimate of drug-likeness (QED) is 0.336. The predicted octanol–water partition coefficient (Wildman–Crippen LogP) is 2.15. The second kappa shape index (κ2) is 6.75. The fraction of sp³-hybridized carbons (Fsp3) is 0.692. The molecule has 2 saturated heterocycles.